The van der Waals surface area contributed by atoms with E-state index in [1.54, 1.807) is 13.2 Å². The number of esters is 1. The monoisotopic (exact) mass is 400 g/mol. The van der Waals surface area contributed by atoms with Gasteiger partial charge in [0, 0.05) is 0 Å². The van der Waals surface area contributed by atoms with E-state index < -0.39 is 12.0 Å². The minimum Gasteiger partial charge on any atom is -0.472 e. The fourth-order valence-corrected chi connectivity index (χ4v) is 3.44. The van der Waals surface area contributed by atoms with Crippen molar-refractivity contribution in [3.8, 4) is 0 Å². The van der Waals surface area contributed by atoms with Gasteiger partial charge < -0.3 is 14.3 Å². The Kier molecular flexibility index (Phi) is 9.99. The Morgan fingerprint density at radius 3 is 2.62 bits per heavy atom. The Bertz CT molecular complexity index is 709. The minimum absolute atomic E-state index is 0.299. The van der Waals surface area contributed by atoms with Gasteiger partial charge >= 0.3 is 5.97 Å². The molecule has 0 spiro atoms. The summed E-state index contributed by atoms with van der Waals surface area (Å²) >= 11 is 0. The Labute approximate surface area is 175 Å². The minimum atomic E-state index is -0.608. The fourth-order valence-electron chi connectivity index (χ4n) is 3.44. The van der Waals surface area contributed by atoms with Crippen LogP contribution in [0, 0.1) is 5.92 Å². The lowest BCUT2D eigenvalue weighted by Gasteiger charge is -2.22. The molecule has 1 N–H and O–H groups in total. The summed E-state index contributed by atoms with van der Waals surface area (Å²) in [5.41, 5.74) is 5.20. The largest absolute Gasteiger partial charge is 0.472 e. The highest BCUT2D eigenvalue weighted by Crippen LogP contribution is 2.20. The van der Waals surface area contributed by atoms with Crippen LogP contribution in [0.2, 0.25) is 0 Å². The number of rotatable bonds is 9. The number of allylic oxidation sites excluding steroid dienone is 5. The van der Waals surface area contributed by atoms with Crippen molar-refractivity contribution in [2.24, 2.45) is 5.92 Å². The highest BCUT2D eigenvalue weighted by molar-refractivity contribution is 5.73. The Hall–Kier alpha value is -2.07. The molecule has 0 unspecified atom stereocenters. The predicted molar refractivity (Wildman–Crippen MR) is 116 cm³/mol. The van der Waals surface area contributed by atoms with Gasteiger partial charge in [-0.15, -0.1) is 0 Å². The second-order valence-corrected chi connectivity index (χ2v) is 8.21. The van der Waals surface area contributed by atoms with Gasteiger partial charge in [0.1, 0.15) is 6.61 Å². The van der Waals surface area contributed by atoms with Crippen molar-refractivity contribution in [1.29, 1.82) is 0 Å². The van der Waals surface area contributed by atoms with E-state index in [0.717, 1.165) is 50.5 Å². The molecular formula is C25H36O4. The molecule has 0 aromatic carbocycles. The highest BCUT2D eigenvalue weighted by atomic mass is 16.5. The number of carbonyl (C=O) groups is 1. The summed E-state index contributed by atoms with van der Waals surface area (Å²) < 4.78 is 10.4. The Morgan fingerprint density at radius 2 is 1.90 bits per heavy atom. The molecule has 1 saturated heterocycles. The van der Waals surface area contributed by atoms with Gasteiger partial charge in [-0.25, -0.2) is 0 Å². The number of hydrogen-bond donors (Lipinski definition) is 1. The molecule has 2 rings (SSSR count). The molecule has 2 atom stereocenters. The molecule has 1 aromatic rings. The number of aliphatic hydroxyl groups is 1. The molecule has 0 amide bonds. The van der Waals surface area contributed by atoms with Crippen molar-refractivity contribution in [2.45, 2.75) is 78.2 Å². The maximum Gasteiger partial charge on any atom is 0.311 e. The molecule has 1 aliphatic heterocycles. The van der Waals surface area contributed by atoms with Crippen LogP contribution in [0.3, 0.4) is 0 Å². The van der Waals surface area contributed by atoms with E-state index in [2.05, 4.69) is 32.1 Å². The molecular weight excluding hydrogens is 364 g/mol. The van der Waals surface area contributed by atoms with Crippen LogP contribution in [0.1, 0.15) is 71.3 Å². The van der Waals surface area contributed by atoms with E-state index in [4.69, 9.17) is 9.15 Å². The van der Waals surface area contributed by atoms with Crippen molar-refractivity contribution in [1.82, 2.24) is 0 Å². The smallest absolute Gasteiger partial charge is 0.311 e. The Morgan fingerprint density at radius 1 is 1.17 bits per heavy atom. The zero-order valence-corrected chi connectivity index (χ0v) is 18.2. The number of ether oxygens (including phenoxy) is 1. The lowest BCUT2D eigenvalue weighted by molar-refractivity contribution is -0.151. The molecule has 0 aliphatic carbocycles. The van der Waals surface area contributed by atoms with Crippen molar-refractivity contribution < 1.29 is 19.1 Å². The second kappa shape index (κ2) is 12.5. The third-order valence-corrected chi connectivity index (χ3v) is 5.62. The van der Waals surface area contributed by atoms with Crippen LogP contribution in [0.25, 0.3) is 0 Å². The number of aryl methyl sites for hydroxylation is 1. The maximum absolute atomic E-state index is 11.8. The van der Waals surface area contributed by atoms with E-state index in [1.165, 1.54) is 16.7 Å². The Balaban J connectivity index is 1.67. The fraction of sp³-hybridized carbons (Fsp3) is 0.560. The number of carbonyl (C=O) groups excluding carboxylic acids is 1. The number of aliphatic hydroxyl groups excluding tert-OH is 1. The predicted octanol–water partition coefficient (Wildman–Crippen LogP) is 5.93. The van der Waals surface area contributed by atoms with Gasteiger partial charge in [0.15, 0.2) is 0 Å². The third kappa shape index (κ3) is 8.86. The van der Waals surface area contributed by atoms with Gasteiger partial charge in [0.25, 0.3) is 0 Å². The molecule has 29 heavy (non-hydrogen) atoms. The van der Waals surface area contributed by atoms with Crippen LogP contribution in [0.15, 0.2) is 58.0 Å². The standard InChI is InChI=1S/C25H36O4/c1-19(7-4-8-20(2)10-6-12-23-15-16-28-17-23)9-5-11-22-13-14-24(26)21(3)25(27)29-18-22/h7,10-11,15-17,21,24,26H,4-6,8-9,12-14,18H2,1-3H3/b19-7+,20-10+,22-11-/t21-,24-/m1/s1. The van der Waals surface area contributed by atoms with Crippen LogP contribution >= 0.6 is 0 Å². The molecule has 1 aromatic heterocycles. The van der Waals surface area contributed by atoms with Gasteiger partial charge in [-0.3, -0.25) is 4.79 Å². The van der Waals surface area contributed by atoms with Gasteiger partial charge in [0.05, 0.1) is 24.5 Å². The molecule has 0 bridgehead atoms. The quantitative estimate of drug-likeness (QED) is 0.412. The average molecular weight is 401 g/mol. The second-order valence-electron chi connectivity index (χ2n) is 8.21. The lowest BCUT2D eigenvalue weighted by atomic mass is 9.96. The molecule has 1 fully saturated rings. The summed E-state index contributed by atoms with van der Waals surface area (Å²) in [5.74, 6) is -0.725. The molecule has 4 heteroatoms. The van der Waals surface area contributed by atoms with E-state index in [9.17, 15) is 9.90 Å². The third-order valence-electron chi connectivity index (χ3n) is 5.62. The van der Waals surface area contributed by atoms with Crippen LogP contribution in [-0.4, -0.2) is 23.8 Å². The van der Waals surface area contributed by atoms with Gasteiger partial charge in [0.2, 0.25) is 0 Å². The van der Waals surface area contributed by atoms with Crippen LogP contribution < -0.4 is 0 Å². The SMILES string of the molecule is C/C(=C\CC/C(C)=C/CCc1ccoc1)CC/C=C1/CC[C@@H](O)[C@@H](C)C(=O)OC1. The number of cyclic esters (lactones) is 1. The van der Waals surface area contributed by atoms with Crippen LogP contribution in [0.5, 0.6) is 0 Å². The van der Waals surface area contributed by atoms with Gasteiger partial charge in [-0.2, -0.15) is 0 Å². The van der Waals surface area contributed by atoms with Crippen molar-refractivity contribution in [3.63, 3.8) is 0 Å². The van der Waals surface area contributed by atoms with E-state index >= 15 is 0 Å². The first-order chi connectivity index (χ1) is 14.0. The van der Waals surface area contributed by atoms with E-state index in [0.29, 0.717) is 13.0 Å². The lowest BCUT2D eigenvalue weighted by Crippen LogP contribution is -2.30. The summed E-state index contributed by atoms with van der Waals surface area (Å²) in [6.07, 6.45) is 17.4. The molecule has 4 nitrogen and oxygen atoms in total. The maximum atomic E-state index is 11.8. The summed E-state index contributed by atoms with van der Waals surface area (Å²) in [6, 6.07) is 2.02. The first-order valence-corrected chi connectivity index (χ1v) is 10.8. The van der Waals surface area contributed by atoms with Crippen molar-refractivity contribution >= 4 is 5.97 Å². The van der Waals surface area contributed by atoms with Crippen LogP contribution in [-0.2, 0) is 16.0 Å². The average Bonchev–Trinajstić information content (AvgIpc) is 3.21. The highest BCUT2D eigenvalue weighted by Gasteiger charge is 2.25. The molecule has 160 valence electrons. The molecule has 0 saturated carbocycles. The number of furan rings is 1. The summed E-state index contributed by atoms with van der Waals surface area (Å²) in [7, 11) is 0. The zero-order valence-electron chi connectivity index (χ0n) is 18.2. The van der Waals surface area contributed by atoms with Gasteiger partial charge in [-0.05, 0) is 89.3 Å². The van der Waals surface area contributed by atoms with Crippen LogP contribution in [0.4, 0.5) is 0 Å². The van der Waals surface area contributed by atoms with Gasteiger partial charge in [-0.1, -0.05) is 29.4 Å². The number of hydrogen-bond acceptors (Lipinski definition) is 4. The van der Waals surface area contributed by atoms with Crippen molar-refractivity contribution in [3.05, 3.63) is 59.1 Å². The normalized spacial score (nSPS) is 23.0. The first-order valence-electron chi connectivity index (χ1n) is 10.8. The molecule has 0 radical (unpaired) electrons. The topological polar surface area (TPSA) is 59.7 Å². The molecule has 1 aliphatic rings. The first kappa shape index (κ1) is 23.2. The van der Waals surface area contributed by atoms with Crippen molar-refractivity contribution in [2.75, 3.05) is 6.61 Å². The summed E-state index contributed by atoms with van der Waals surface area (Å²) in [4.78, 5) is 11.8. The summed E-state index contributed by atoms with van der Waals surface area (Å²) in [5, 5.41) is 9.98. The van der Waals surface area contributed by atoms with E-state index in [1.807, 2.05) is 12.3 Å². The summed E-state index contributed by atoms with van der Waals surface area (Å²) in [6.45, 7) is 6.47. The molecule has 2 heterocycles. The van der Waals surface area contributed by atoms with E-state index in [-0.39, 0.29) is 5.97 Å². The zero-order chi connectivity index (χ0) is 21.1.